The number of amides is 2. The highest BCUT2D eigenvalue weighted by molar-refractivity contribution is 5.78. The lowest BCUT2D eigenvalue weighted by Gasteiger charge is -2.28. The molecule has 0 spiro atoms. The van der Waals surface area contributed by atoms with Crippen LogP contribution in [-0.4, -0.2) is 52.8 Å². The number of nitrogens with zero attached hydrogens (tertiary/aromatic N) is 3. The van der Waals surface area contributed by atoms with E-state index in [4.69, 9.17) is 0 Å². The van der Waals surface area contributed by atoms with Gasteiger partial charge in [-0.2, -0.15) is 0 Å². The molecule has 1 heterocycles. The summed E-state index contributed by atoms with van der Waals surface area (Å²) in [6.45, 7) is 2.83. The lowest BCUT2D eigenvalue weighted by Crippen LogP contribution is -2.40. The smallest absolute Gasteiger partial charge is 0.224 e. The lowest BCUT2D eigenvalue weighted by atomic mass is 10.2. The second-order valence-electron chi connectivity index (χ2n) is 6.32. The van der Waals surface area contributed by atoms with Crippen molar-refractivity contribution in [3.63, 3.8) is 0 Å². The molecule has 1 saturated carbocycles. The standard InChI is InChI=1S/C18H27N3O2/c1-15(22)21(17-5-3-4-6-17)14-10-18(23)20(2)13-9-16-7-11-19-12-8-16/h7-8,11-12,17H,3-6,9-10,13-14H2,1-2H3. The van der Waals surface area contributed by atoms with Gasteiger partial charge in [-0.3, -0.25) is 14.6 Å². The molecule has 2 rings (SSSR count). The van der Waals surface area contributed by atoms with Crippen LogP contribution in [0.25, 0.3) is 0 Å². The normalized spacial score (nSPS) is 14.7. The molecule has 5 nitrogen and oxygen atoms in total. The van der Waals surface area contributed by atoms with Crippen molar-refractivity contribution in [3.8, 4) is 0 Å². The van der Waals surface area contributed by atoms with Crippen molar-refractivity contribution in [2.75, 3.05) is 20.1 Å². The van der Waals surface area contributed by atoms with Crippen molar-refractivity contribution in [3.05, 3.63) is 30.1 Å². The zero-order chi connectivity index (χ0) is 16.7. The van der Waals surface area contributed by atoms with Crippen LogP contribution in [0.15, 0.2) is 24.5 Å². The minimum Gasteiger partial charge on any atom is -0.345 e. The second kappa shape index (κ2) is 8.65. The molecule has 1 aliphatic rings. The largest absolute Gasteiger partial charge is 0.345 e. The SMILES string of the molecule is CC(=O)N(CCC(=O)N(C)CCc1ccncc1)C1CCCC1. The minimum atomic E-state index is 0.0872. The molecule has 0 unspecified atom stereocenters. The molecule has 0 atom stereocenters. The van der Waals surface area contributed by atoms with E-state index in [2.05, 4.69) is 4.98 Å². The van der Waals surface area contributed by atoms with E-state index in [1.165, 1.54) is 18.4 Å². The highest BCUT2D eigenvalue weighted by Crippen LogP contribution is 2.23. The summed E-state index contributed by atoms with van der Waals surface area (Å²) >= 11 is 0. The molecule has 0 aromatic carbocycles. The van der Waals surface area contributed by atoms with Gasteiger partial charge in [0.2, 0.25) is 11.8 Å². The van der Waals surface area contributed by atoms with E-state index in [1.54, 1.807) is 24.2 Å². The fourth-order valence-electron chi connectivity index (χ4n) is 3.19. The van der Waals surface area contributed by atoms with Gasteiger partial charge in [0.15, 0.2) is 0 Å². The van der Waals surface area contributed by atoms with Crippen molar-refractivity contribution in [2.45, 2.75) is 51.5 Å². The van der Waals surface area contributed by atoms with Gasteiger partial charge >= 0.3 is 0 Å². The van der Waals surface area contributed by atoms with Crippen molar-refractivity contribution >= 4 is 11.8 Å². The predicted octanol–water partition coefficient (Wildman–Crippen LogP) is 2.26. The van der Waals surface area contributed by atoms with Crippen LogP contribution in [0.3, 0.4) is 0 Å². The van der Waals surface area contributed by atoms with Crippen LogP contribution >= 0.6 is 0 Å². The number of aromatic nitrogens is 1. The quantitative estimate of drug-likeness (QED) is 0.775. The third kappa shape index (κ3) is 5.34. The zero-order valence-electron chi connectivity index (χ0n) is 14.2. The molecule has 23 heavy (non-hydrogen) atoms. The van der Waals surface area contributed by atoms with Gasteiger partial charge in [-0.25, -0.2) is 0 Å². The first-order valence-electron chi connectivity index (χ1n) is 8.48. The van der Waals surface area contributed by atoms with E-state index >= 15 is 0 Å². The van der Waals surface area contributed by atoms with Gasteiger partial charge < -0.3 is 9.80 Å². The summed E-state index contributed by atoms with van der Waals surface area (Å²) in [5.41, 5.74) is 1.18. The first kappa shape index (κ1) is 17.4. The molecule has 1 aromatic heterocycles. The predicted molar refractivity (Wildman–Crippen MR) is 89.8 cm³/mol. The molecular formula is C18H27N3O2. The summed E-state index contributed by atoms with van der Waals surface area (Å²) in [5.74, 6) is 0.187. The summed E-state index contributed by atoms with van der Waals surface area (Å²) in [4.78, 5) is 31.7. The lowest BCUT2D eigenvalue weighted by molar-refractivity contribution is -0.134. The highest BCUT2D eigenvalue weighted by atomic mass is 16.2. The Morgan fingerprint density at radius 2 is 1.83 bits per heavy atom. The van der Waals surface area contributed by atoms with Crippen molar-refractivity contribution in [1.82, 2.24) is 14.8 Å². The fourth-order valence-corrected chi connectivity index (χ4v) is 3.19. The van der Waals surface area contributed by atoms with Crippen molar-refractivity contribution < 1.29 is 9.59 Å². The molecule has 0 N–H and O–H groups in total. The molecule has 0 saturated heterocycles. The number of hydrogen-bond donors (Lipinski definition) is 0. The maximum Gasteiger partial charge on any atom is 0.224 e. The molecule has 0 bridgehead atoms. The molecule has 1 aromatic rings. The van der Waals surface area contributed by atoms with Gasteiger partial charge in [0.05, 0.1) is 0 Å². The maximum atomic E-state index is 12.3. The average molecular weight is 317 g/mol. The molecule has 5 heteroatoms. The van der Waals surface area contributed by atoms with Gasteiger partial charge in [-0.05, 0) is 37.0 Å². The van der Waals surface area contributed by atoms with Gasteiger partial charge in [0.1, 0.15) is 0 Å². The third-order valence-corrected chi connectivity index (χ3v) is 4.65. The number of rotatable bonds is 7. The Hall–Kier alpha value is -1.91. The first-order chi connectivity index (χ1) is 11.1. The van der Waals surface area contributed by atoms with Gasteiger partial charge in [0, 0.05) is 51.9 Å². The van der Waals surface area contributed by atoms with E-state index in [1.807, 2.05) is 24.1 Å². The van der Waals surface area contributed by atoms with E-state index in [9.17, 15) is 9.59 Å². The number of pyridine rings is 1. The second-order valence-corrected chi connectivity index (χ2v) is 6.32. The fraction of sp³-hybridized carbons (Fsp3) is 0.611. The van der Waals surface area contributed by atoms with Crippen molar-refractivity contribution in [2.24, 2.45) is 0 Å². The summed E-state index contributed by atoms with van der Waals surface area (Å²) in [5, 5.41) is 0. The summed E-state index contributed by atoms with van der Waals surface area (Å²) in [6, 6.07) is 4.27. The van der Waals surface area contributed by atoms with Crippen LogP contribution < -0.4 is 0 Å². The van der Waals surface area contributed by atoms with E-state index in [0.29, 0.717) is 25.6 Å². The Morgan fingerprint density at radius 3 is 2.43 bits per heavy atom. The van der Waals surface area contributed by atoms with Crippen LogP contribution in [0.5, 0.6) is 0 Å². The van der Waals surface area contributed by atoms with Crippen molar-refractivity contribution in [1.29, 1.82) is 0 Å². The Bertz CT molecular complexity index is 512. The molecule has 126 valence electrons. The molecule has 1 fully saturated rings. The van der Waals surface area contributed by atoms with E-state index in [0.717, 1.165) is 19.3 Å². The van der Waals surface area contributed by atoms with Crippen LogP contribution in [0.1, 0.15) is 44.6 Å². The minimum absolute atomic E-state index is 0.0872. The van der Waals surface area contributed by atoms with Gasteiger partial charge in [-0.15, -0.1) is 0 Å². The number of hydrogen-bond acceptors (Lipinski definition) is 3. The zero-order valence-corrected chi connectivity index (χ0v) is 14.2. The van der Waals surface area contributed by atoms with Gasteiger partial charge in [0.25, 0.3) is 0 Å². The summed E-state index contributed by atoms with van der Waals surface area (Å²) in [7, 11) is 1.83. The Balaban J connectivity index is 1.77. The first-order valence-corrected chi connectivity index (χ1v) is 8.48. The monoisotopic (exact) mass is 317 g/mol. The topological polar surface area (TPSA) is 53.5 Å². The Kier molecular flexibility index (Phi) is 6.56. The molecule has 0 radical (unpaired) electrons. The Labute approximate surface area is 138 Å². The molecular weight excluding hydrogens is 290 g/mol. The average Bonchev–Trinajstić information content (AvgIpc) is 3.07. The molecule has 0 aliphatic heterocycles. The van der Waals surface area contributed by atoms with Crippen LogP contribution in [0.2, 0.25) is 0 Å². The van der Waals surface area contributed by atoms with Crippen LogP contribution in [-0.2, 0) is 16.0 Å². The van der Waals surface area contributed by atoms with Gasteiger partial charge in [-0.1, -0.05) is 12.8 Å². The van der Waals surface area contributed by atoms with E-state index in [-0.39, 0.29) is 11.8 Å². The number of carbonyl (C=O) groups is 2. The highest BCUT2D eigenvalue weighted by Gasteiger charge is 2.25. The third-order valence-electron chi connectivity index (χ3n) is 4.65. The van der Waals surface area contributed by atoms with Crippen LogP contribution in [0, 0.1) is 0 Å². The van der Waals surface area contributed by atoms with Crippen LogP contribution in [0.4, 0.5) is 0 Å². The number of carbonyl (C=O) groups excluding carboxylic acids is 2. The summed E-state index contributed by atoms with van der Waals surface area (Å²) in [6.07, 6.45) is 9.29. The van der Waals surface area contributed by atoms with E-state index < -0.39 is 0 Å². The Morgan fingerprint density at radius 1 is 1.17 bits per heavy atom. The summed E-state index contributed by atoms with van der Waals surface area (Å²) < 4.78 is 0. The number of likely N-dealkylation sites (N-methyl/N-ethyl adjacent to an activating group) is 1. The maximum absolute atomic E-state index is 12.3. The molecule has 1 aliphatic carbocycles. The molecule has 2 amide bonds.